The van der Waals surface area contributed by atoms with Gasteiger partial charge in [0.05, 0.1) is 26.9 Å². The Balaban J connectivity index is 1.77. The molecule has 2 aromatic rings. The van der Waals surface area contributed by atoms with E-state index >= 15 is 0 Å². The highest BCUT2D eigenvalue weighted by atomic mass is 16.5. The van der Waals surface area contributed by atoms with Crippen molar-refractivity contribution in [3.63, 3.8) is 0 Å². The third-order valence-corrected chi connectivity index (χ3v) is 3.64. The van der Waals surface area contributed by atoms with Crippen LogP contribution >= 0.6 is 0 Å². The van der Waals surface area contributed by atoms with Crippen molar-refractivity contribution in [1.82, 2.24) is 0 Å². The van der Waals surface area contributed by atoms with E-state index in [0.29, 0.717) is 24.5 Å². The summed E-state index contributed by atoms with van der Waals surface area (Å²) in [5.41, 5.74) is 0.810. The monoisotopic (exact) mass is 316 g/mol. The van der Waals surface area contributed by atoms with Gasteiger partial charge in [0.15, 0.2) is 0 Å². The van der Waals surface area contributed by atoms with Crippen LogP contribution in [0.2, 0.25) is 0 Å². The molecular formula is C19H24O4. The minimum Gasteiger partial charge on any atom is -0.497 e. The predicted molar refractivity (Wildman–Crippen MR) is 90.3 cm³/mol. The number of hydrogen-bond donors (Lipinski definition) is 1. The van der Waals surface area contributed by atoms with Gasteiger partial charge in [-0.3, -0.25) is 0 Å². The number of ether oxygens (including phenoxy) is 3. The first-order chi connectivity index (χ1) is 11.2. The predicted octanol–water partition coefficient (Wildman–Crippen LogP) is 3.99. The van der Waals surface area contributed by atoms with Crippen LogP contribution in [0.5, 0.6) is 17.2 Å². The maximum absolute atomic E-state index is 10.3. The molecule has 0 radical (unpaired) electrons. The van der Waals surface area contributed by atoms with Crippen molar-refractivity contribution in [3.05, 3.63) is 54.1 Å². The van der Waals surface area contributed by atoms with Crippen LogP contribution in [0.15, 0.2) is 48.5 Å². The van der Waals surface area contributed by atoms with E-state index in [1.165, 1.54) is 0 Å². The first-order valence-electron chi connectivity index (χ1n) is 7.82. The summed E-state index contributed by atoms with van der Waals surface area (Å²) in [6.45, 7) is 0.651. The molecule has 1 N–H and O–H groups in total. The number of hydrogen-bond acceptors (Lipinski definition) is 4. The van der Waals surface area contributed by atoms with E-state index in [0.717, 1.165) is 24.2 Å². The van der Waals surface area contributed by atoms with E-state index in [4.69, 9.17) is 14.2 Å². The number of para-hydroxylation sites is 1. The normalized spacial score (nSPS) is 11.8. The molecule has 124 valence electrons. The Kier molecular flexibility index (Phi) is 6.76. The zero-order valence-corrected chi connectivity index (χ0v) is 13.7. The van der Waals surface area contributed by atoms with Gasteiger partial charge in [-0.2, -0.15) is 0 Å². The van der Waals surface area contributed by atoms with E-state index in [1.54, 1.807) is 20.3 Å². The highest BCUT2D eigenvalue weighted by Crippen LogP contribution is 2.28. The highest BCUT2D eigenvalue weighted by molar-refractivity contribution is 5.39. The number of aliphatic hydroxyl groups is 1. The average molecular weight is 316 g/mol. The molecule has 1 atom stereocenters. The Morgan fingerprint density at radius 1 is 0.870 bits per heavy atom. The Bertz CT molecular complexity index is 561. The molecule has 2 aromatic carbocycles. The topological polar surface area (TPSA) is 47.9 Å². The molecule has 0 aliphatic rings. The number of benzene rings is 2. The average Bonchev–Trinajstić information content (AvgIpc) is 2.61. The molecule has 0 amide bonds. The van der Waals surface area contributed by atoms with Crippen LogP contribution in [-0.2, 0) is 0 Å². The molecule has 2 rings (SSSR count). The summed E-state index contributed by atoms with van der Waals surface area (Å²) in [6, 6.07) is 15.2. The molecule has 0 bridgehead atoms. The first kappa shape index (κ1) is 17.2. The van der Waals surface area contributed by atoms with Crippen molar-refractivity contribution in [2.24, 2.45) is 0 Å². The largest absolute Gasteiger partial charge is 0.497 e. The zero-order chi connectivity index (χ0) is 16.5. The van der Waals surface area contributed by atoms with E-state index in [-0.39, 0.29) is 0 Å². The second-order valence-corrected chi connectivity index (χ2v) is 5.32. The summed E-state index contributed by atoms with van der Waals surface area (Å²) in [5.74, 6) is 2.25. The first-order valence-corrected chi connectivity index (χ1v) is 7.82. The van der Waals surface area contributed by atoms with Gasteiger partial charge in [-0.05, 0) is 49.1 Å². The quantitative estimate of drug-likeness (QED) is 0.711. The van der Waals surface area contributed by atoms with Crippen LogP contribution in [0.3, 0.4) is 0 Å². The van der Waals surface area contributed by atoms with E-state index in [2.05, 4.69) is 0 Å². The van der Waals surface area contributed by atoms with Crippen molar-refractivity contribution in [2.45, 2.75) is 25.4 Å². The van der Waals surface area contributed by atoms with Crippen LogP contribution in [0, 0.1) is 0 Å². The van der Waals surface area contributed by atoms with Gasteiger partial charge >= 0.3 is 0 Å². The number of unbranched alkanes of at least 4 members (excludes halogenated alkanes) is 1. The van der Waals surface area contributed by atoms with E-state index in [9.17, 15) is 5.11 Å². The molecule has 0 saturated heterocycles. The van der Waals surface area contributed by atoms with Gasteiger partial charge in [0, 0.05) is 6.07 Å². The lowest BCUT2D eigenvalue weighted by Gasteiger charge is -2.14. The zero-order valence-electron chi connectivity index (χ0n) is 13.7. The lowest BCUT2D eigenvalue weighted by atomic mass is 10.0. The second kappa shape index (κ2) is 9.06. The minimum atomic E-state index is -0.532. The number of aliphatic hydroxyl groups excluding tert-OH is 1. The van der Waals surface area contributed by atoms with Crippen molar-refractivity contribution < 1.29 is 19.3 Å². The highest BCUT2D eigenvalue weighted by Gasteiger charge is 2.11. The smallest absolute Gasteiger partial charge is 0.122 e. The SMILES string of the molecule is COc1cc(OC)cc([C@@H](O)CCCCOc2ccccc2)c1. The fourth-order valence-electron chi connectivity index (χ4n) is 2.33. The molecular weight excluding hydrogens is 292 g/mol. The summed E-state index contributed by atoms with van der Waals surface area (Å²) >= 11 is 0. The third-order valence-electron chi connectivity index (χ3n) is 3.64. The molecule has 0 aromatic heterocycles. The lowest BCUT2D eigenvalue weighted by Crippen LogP contribution is -2.02. The van der Waals surface area contributed by atoms with Gasteiger partial charge in [0.2, 0.25) is 0 Å². The van der Waals surface area contributed by atoms with Crippen LogP contribution in [-0.4, -0.2) is 25.9 Å². The third kappa shape index (κ3) is 5.49. The molecule has 23 heavy (non-hydrogen) atoms. The van der Waals surface area contributed by atoms with Crippen molar-refractivity contribution in [2.75, 3.05) is 20.8 Å². The Morgan fingerprint density at radius 2 is 1.52 bits per heavy atom. The summed E-state index contributed by atoms with van der Waals surface area (Å²) in [5, 5.41) is 10.3. The van der Waals surface area contributed by atoms with E-state index < -0.39 is 6.10 Å². The molecule has 0 fully saturated rings. The van der Waals surface area contributed by atoms with Crippen molar-refractivity contribution >= 4 is 0 Å². The molecule has 4 nitrogen and oxygen atoms in total. The van der Waals surface area contributed by atoms with Crippen molar-refractivity contribution in [1.29, 1.82) is 0 Å². The van der Waals surface area contributed by atoms with Gasteiger partial charge in [-0.1, -0.05) is 18.2 Å². The van der Waals surface area contributed by atoms with Crippen LogP contribution in [0.1, 0.15) is 30.9 Å². The van der Waals surface area contributed by atoms with Gasteiger partial charge in [0.1, 0.15) is 17.2 Å². The lowest BCUT2D eigenvalue weighted by molar-refractivity contribution is 0.160. The summed E-state index contributed by atoms with van der Waals surface area (Å²) < 4.78 is 16.1. The van der Waals surface area contributed by atoms with Crippen LogP contribution in [0.4, 0.5) is 0 Å². The van der Waals surface area contributed by atoms with Crippen LogP contribution < -0.4 is 14.2 Å². The van der Waals surface area contributed by atoms with Gasteiger partial charge in [-0.15, -0.1) is 0 Å². The molecule has 0 heterocycles. The summed E-state index contributed by atoms with van der Waals surface area (Å²) in [6.07, 6.45) is 1.92. The molecule has 0 saturated carbocycles. The molecule has 0 aliphatic carbocycles. The molecule has 0 spiro atoms. The van der Waals surface area contributed by atoms with Gasteiger partial charge < -0.3 is 19.3 Å². The Morgan fingerprint density at radius 3 is 2.13 bits per heavy atom. The molecule has 4 heteroatoms. The van der Waals surface area contributed by atoms with Gasteiger partial charge in [-0.25, -0.2) is 0 Å². The standard InChI is InChI=1S/C19H24O4/c1-21-17-12-15(13-18(14-17)22-2)19(20)10-6-7-11-23-16-8-4-3-5-9-16/h3-5,8-9,12-14,19-20H,6-7,10-11H2,1-2H3/t19-/m0/s1. The van der Waals surface area contributed by atoms with E-state index in [1.807, 2.05) is 42.5 Å². The number of methoxy groups -OCH3 is 2. The summed E-state index contributed by atoms with van der Waals surface area (Å²) in [7, 11) is 3.21. The Hall–Kier alpha value is -2.20. The maximum atomic E-state index is 10.3. The van der Waals surface area contributed by atoms with Crippen molar-refractivity contribution in [3.8, 4) is 17.2 Å². The fourth-order valence-corrected chi connectivity index (χ4v) is 2.33. The second-order valence-electron chi connectivity index (χ2n) is 5.32. The number of rotatable bonds is 9. The van der Waals surface area contributed by atoms with Crippen LogP contribution in [0.25, 0.3) is 0 Å². The molecule has 0 unspecified atom stereocenters. The van der Waals surface area contributed by atoms with Gasteiger partial charge in [0.25, 0.3) is 0 Å². The fraction of sp³-hybridized carbons (Fsp3) is 0.368. The molecule has 0 aliphatic heterocycles. The summed E-state index contributed by atoms with van der Waals surface area (Å²) in [4.78, 5) is 0. The maximum Gasteiger partial charge on any atom is 0.122 e. The Labute approximate surface area is 137 Å². The minimum absolute atomic E-state index is 0.532.